The first-order valence-corrected chi connectivity index (χ1v) is 10.8. The van der Waals surface area contributed by atoms with E-state index in [0.717, 1.165) is 0 Å². The summed E-state index contributed by atoms with van der Waals surface area (Å²) in [7, 11) is 0. The van der Waals surface area contributed by atoms with Crippen LogP contribution in [-0.4, -0.2) is 57.9 Å². The van der Waals surface area contributed by atoms with Crippen LogP contribution in [-0.2, 0) is 23.8 Å². The Morgan fingerprint density at radius 3 is 1.47 bits per heavy atom. The van der Waals surface area contributed by atoms with Gasteiger partial charge in [-0.3, -0.25) is 9.59 Å². The molecule has 2 amide bonds. The lowest BCUT2D eigenvalue weighted by Crippen LogP contribution is -2.51. The van der Waals surface area contributed by atoms with Gasteiger partial charge in [0.15, 0.2) is 5.78 Å². The molecule has 0 saturated carbocycles. The zero-order valence-corrected chi connectivity index (χ0v) is 21.2. The fourth-order valence-corrected chi connectivity index (χ4v) is 2.62. The standard InChI is InChI=1S/C23H40FNO7/c1-15(26)17(13-11-16(24)12-14-18(27)30-21(2,3)4)25(19(28)31-22(5,6)7)20(29)32-23(8,9)10/h16-17H,11-14H2,1-10H3. The average molecular weight is 462 g/mol. The SMILES string of the molecule is CC(=O)C(CCC(F)CCC(=O)OC(C)(C)C)N(C(=O)OC(C)(C)C)C(=O)OC(C)(C)C. The van der Waals surface area contributed by atoms with Gasteiger partial charge in [-0.05, 0) is 88.5 Å². The zero-order valence-electron chi connectivity index (χ0n) is 21.2. The lowest BCUT2D eigenvalue weighted by molar-refractivity contribution is -0.155. The molecule has 2 unspecified atom stereocenters. The summed E-state index contributed by atoms with van der Waals surface area (Å²) in [5.41, 5.74) is -2.51. The van der Waals surface area contributed by atoms with Crippen LogP contribution in [0.15, 0.2) is 0 Å². The van der Waals surface area contributed by atoms with Crippen LogP contribution in [0.3, 0.4) is 0 Å². The summed E-state index contributed by atoms with van der Waals surface area (Å²) in [5.74, 6) is -1.03. The Morgan fingerprint density at radius 2 is 1.12 bits per heavy atom. The minimum atomic E-state index is -1.43. The molecule has 2 atom stereocenters. The van der Waals surface area contributed by atoms with Gasteiger partial charge in [-0.2, -0.15) is 0 Å². The van der Waals surface area contributed by atoms with E-state index in [2.05, 4.69) is 0 Å². The first-order chi connectivity index (χ1) is 14.2. The molecule has 9 heteroatoms. The van der Waals surface area contributed by atoms with Crippen molar-refractivity contribution in [1.29, 1.82) is 0 Å². The number of carbonyl (C=O) groups is 4. The van der Waals surface area contributed by atoms with Gasteiger partial charge in [-0.25, -0.2) is 18.9 Å². The second-order valence-corrected chi connectivity index (χ2v) is 10.8. The van der Waals surface area contributed by atoms with Crippen LogP contribution in [0, 0.1) is 0 Å². The fraction of sp³-hybridized carbons (Fsp3) is 0.826. The largest absolute Gasteiger partial charge is 0.460 e. The second-order valence-electron chi connectivity index (χ2n) is 10.8. The second kappa shape index (κ2) is 11.6. The molecule has 0 spiro atoms. The minimum absolute atomic E-state index is 0.0988. The van der Waals surface area contributed by atoms with Crippen molar-refractivity contribution in [3.05, 3.63) is 0 Å². The molecule has 0 rings (SSSR count). The number of carbonyl (C=O) groups excluding carboxylic acids is 4. The van der Waals surface area contributed by atoms with Crippen molar-refractivity contribution in [3.8, 4) is 0 Å². The van der Waals surface area contributed by atoms with Gasteiger partial charge in [0.25, 0.3) is 0 Å². The van der Waals surface area contributed by atoms with E-state index >= 15 is 0 Å². The molecule has 0 fully saturated rings. The van der Waals surface area contributed by atoms with E-state index in [1.807, 2.05) is 0 Å². The maximum atomic E-state index is 14.5. The molecule has 0 aromatic rings. The molecule has 8 nitrogen and oxygen atoms in total. The summed E-state index contributed by atoms with van der Waals surface area (Å²) in [6, 6.07) is -1.26. The number of rotatable bonds is 8. The Morgan fingerprint density at radius 1 is 0.719 bits per heavy atom. The van der Waals surface area contributed by atoms with Gasteiger partial charge < -0.3 is 14.2 Å². The highest BCUT2D eigenvalue weighted by atomic mass is 19.1. The quantitative estimate of drug-likeness (QED) is 0.354. The zero-order chi connectivity index (χ0) is 25.5. The normalized spacial score (nSPS) is 14.2. The van der Waals surface area contributed by atoms with E-state index in [1.165, 1.54) is 6.92 Å². The Hall–Kier alpha value is -2.19. The minimum Gasteiger partial charge on any atom is -0.460 e. The Labute approximate surface area is 191 Å². The monoisotopic (exact) mass is 461 g/mol. The molecule has 0 radical (unpaired) electrons. The maximum absolute atomic E-state index is 14.5. The van der Waals surface area contributed by atoms with Crippen molar-refractivity contribution in [2.24, 2.45) is 0 Å². The predicted octanol–water partition coefficient (Wildman–Crippen LogP) is 5.36. The van der Waals surface area contributed by atoms with E-state index in [1.54, 1.807) is 62.3 Å². The van der Waals surface area contributed by atoms with E-state index in [0.29, 0.717) is 4.90 Å². The number of hydrogen-bond donors (Lipinski definition) is 0. The van der Waals surface area contributed by atoms with Crippen molar-refractivity contribution < 1.29 is 37.8 Å². The van der Waals surface area contributed by atoms with Crippen LogP contribution < -0.4 is 0 Å². The molecule has 32 heavy (non-hydrogen) atoms. The molecular weight excluding hydrogens is 421 g/mol. The van der Waals surface area contributed by atoms with Crippen LogP contribution in [0.4, 0.5) is 14.0 Å². The molecule has 0 N–H and O–H groups in total. The van der Waals surface area contributed by atoms with Crippen molar-refractivity contribution in [1.82, 2.24) is 4.90 Å². The first-order valence-electron chi connectivity index (χ1n) is 10.8. The van der Waals surface area contributed by atoms with E-state index < -0.39 is 53.0 Å². The van der Waals surface area contributed by atoms with Gasteiger partial charge in [0.1, 0.15) is 29.0 Å². The number of ether oxygens (including phenoxy) is 3. The fourth-order valence-electron chi connectivity index (χ4n) is 2.62. The maximum Gasteiger partial charge on any atom is 0.420 e. The van der Waals surface area contributed by atoms with Gasteiger partial charge in [0.05, 0.1) is 0 Å². The third-order valence-electron chi connectivity index (χ3n) is 3.80. The van der Waals surface area contributed by atoms with Gasteiger partial charge in [0.2, 0.25) is 0 Å². The Kier molecular flexibility index (Phi) is 10.8. The Balaban J connectivity index is 5.36. The van der Waals surface area contributed by atoms with Gasteiger partial charge in [0, 0.05) is 6.42 Å². The number of ketones is 1. The number of Topliss-reactive ketones (excluding diaryl/α,β-unsaturated/α-hetero) is 1. The summed E-state index contributed by atoms with van der Waals surface area (Å²) in [6.45, 7) is 16.1. The molecule has 0 aromatic heterocycles. The summed E-state index contributed by atoms with van der Waals surface area (Å²) in [6.07, 6.45) is -4.02. The van der Waals surface area contributed by atoms with Crippen LogP contribution in [0.5, 0.6) is 0 Å². The number of halogens is 1. The topological polar surface area (TPSA) is 99.2 Å². The first kappa shape index (κ1) is 29.8. The van der Waals surface area contributed by atoms with Gasteiger partial charge in [-0.15, -0.1) is 0 Å². The van der Waals surface area contributed by atoms with Crippen LogP contribution >= 0.6 is 0 Å². The van der Waals surface area contributed by atoms with Gasteiger partial charge in [-0.1, -0.05) is 0 Å². The van der Waals surface area contributed by atoms with Crippen LogP contribution in [0.25, 0.3) is 0 Å². The number of nitrogens with zero attached hydrogens (tertiary/aromatic N) is 1. The number of alkyl halides is 1. The molecule has 0 heterocycles. The number of amides is 2. The van der Waals surface area contributed by atoms with E-state index in [9.17, 15) is 23.6 Å². The molecule has 186 valence electrons. The number of imide groups is 1. The van der Waals surface area contributed by atoms with E-state index in [-0.39, 0.29) is 25.7 Å². The van der Waals surface area contributed by atoms with Crippen molar-refractivity contribution >= 4 is 23.9 Å². The van der Waals surface area contributed by atoms with Crippen LogP contribution in [0.1, 0.15) is 94.9 Å². The molecule has 0 aliphatic rings. The van der Waals surface area contributed by atoms with E-state index in [4.69, 9.17) is 14.2 Å². The summed E-state index contributed by atoms with van der Waals surface area (Å²) >= 11 is 0. The average Bonchev–Trinajstić information content (AvgIpc) is 2.51. The molecule has 0 saturated heterocycles. The van der Waals surface area contributed by atoms with Gasteiger partial charge >= 0.3 is 18.2 Å². The van der Waals surface area contributed by atoms with Crippen LogP contribution in [0.2, 0.25) is 0 Å². The summed E-state index contributed by atoms with van der Waals surface area (Å²) < 4.78 is 30.2. The summed E-state index contributed by atoms with van der Waals surface area (Å²) in [4.78, 5) is 50.1. The summed E-state index contributed by atoms with van der Waals surface area (Å²) in [5, 5.41) is 0. The highest BCUT2D eigenvalue weighted by Gasteiger charge is 2.39. The van der Waals surface area contributed by atoms with Crippen molar-refractivity contribution in [3.63, 3.8) is 0 Å². The van der Waals surface area contributed by atoms with Crippen molar-refractivity contribution in [2.75, 3.05) is 0 Å². The number of esters is 1. The van der Waals surface area contributed by atoms with Crippen molar-refractivity contribution in [2.45, 2.75) is 124 Å². The molecule has 0 bridgehead atoms. The molecule has 0 aliphatic heterocycles. The smallest absolute Gasteiger partial charge is 0.420 e. The lowest BCUT2D eigenvalue weighted by Gasteiger charge is -2.32. The molecular formula is C23H40FNO7. The third-order valence-corrected chi connectivity index (χ3v) is 3.80. The highest BCUT2D eigenvalue weighted by Crippen LogP contribution is 2.22. The highest BCUT2D eigenvalue weighted by molar-refractivity contribution is 5.95. The Bertz CT molecular complexity index is 643. The predicted molar refractivity (Wildman–Crippen MR) is 118 cm³/mol. The lowest BCUT2D eigenvalue weighted by atomic mass is 10.0. The number of hydrogen-bond acceptors (Lipinski definition) is 7. The molecule has 0 aromatic carbocycles. The third kappa shape index (κ3) is 13.3. The molecule has 0 aliphatic carbocycles.